The number of halogens is 1. The van der Waals surface area contributed by atoms with Crippen LogP contribution in [0.2, 0.25) is 0 Å². The van der Waals surface area contributed by atoms with Gasteiger partial charge in [0.25, 0.3) is 5.69 Å². The molecule has 0 aliphatic heterocycles. The zero-order chi connectivity index (χ0) is 11.3. The average molecular weight is 270 g/mol. The first kappa shape index (κ1) is 11.5. The van der Waals surface area contributed by atoms with Crippen LogP contribution in [-0.2, 0) is 0 Å². The van der Waals surface area contributed by atoms with Gasteiger partial charge in [-0.15, -0.1) is 0 Å². The van der Waals surface area contributed by atoms with Gasteiger partial charge in [-0.1, -0.05) is 27.8 Å². The fourth-order valence-electron chi connectivity index (χ4n) is 1.03. The molecule has 0 atom stereocenters. The van der Waals surface area contributed by atoms with Gasteiger partial charge in [-0.05, 0) is 6.07 Å². The number of nitrogens with zero attached hydrogens (tertiary/aromatic N) is 1. The zero-order valence-electron chi connectivity index (χ0n) is 7.99. The highest BCUT2D eigenvalue weighted by Gasteiger charge is 2.09. The number of hydrogen-bond acceptors (Lipinski definition) is 3. The van der Waals surface area contributed by atoms with E-state index in [4.69, 9.17) is 4.74 Å². The van der Waals surface area contributed by atoms with Crippen LogP contribution < -0.4 is 4.74 Å². The number of non-ortho nitro benzene ring substituents is 1. The van der Waals surface area contributed by atoms with E-state index in [0.29, 0.717) is 16.6 Å². The molecule has 0 saturated carbocycles. The highest BCUT2D eigenvalue weighted by molar-refractivity contribution is 9.09. The Kier molecular flexibility index (Phi) is 4.13. The van der Waals surface area contributed by atoms with E-state index in [1.54, 1.807) is 6.07 Å². The lowest BCUT2D eigenvalue weighted by Crippen LogP contribution is -1.92. The second kappa shape index (κ2) is 5.37. The van der Waals surface area contributed by atoms with E-state index < -0.39 is 4.92 Å². The summed E-state index contributed by atoms with van der Waals surface area (Å²) in [5.74, 6) is 6.05. The van der Waals surface area contributed by atoms with Crippen LogP contribution >= 0.6 is 15.9 Å². The SMILES string of the molecule is COc1cc([N+](=O)[O-])ccc1C#CCBr. The minimum absolute atomic E-state index is 0.00348. The molecule has 0 radical (unpaired) electrons. The van der Waals surface area contributed by atoms with Crippen molar-refractivity contribution in [3.8, 4) is 17.6 Å². The van der Waals surface area contributed by atoms with Crippen LogP contribution in [0.5, 0.6) is 5.75 Å². The predicted molar refractivity (Wildman–Crippen MR) is 60.3 cm³/mol. The smallest absolute Gasteiger partial charge is 0.273 e. The molecule has 4 nitrogen and oxygen atoms in total. The lowest BCUT2D eigenvalue weighted by molar-refractivity contribution is -0.384. The Morgan fingerprint density at radius 3 is 2.87 bits per heavy atom. The van der Waals surface area contributed by atoms with Crippen molar-refractivity contribution in [2.75, 3.05) is 12.4 Å². The molecular weight excluding hydrogens is 262 g/mol. The summed E-state index contributed by atoms with van der Waals surface area (Å²) in [5, 5.41) is 11.0. The number of alkyl halides is 1. The topological polar surface area (TPSA) is 52.4 Å². The Hall–Kier alpha value is -1.54. The molecule has 0 N–H and O–H groups in total. The van der Waals surface area contributed by atoms with Crippen molar-refractivity contribution in [3.05, 3.63) is 33.9 Å². The number of nitro benzene ring substituents is 1. The highest BCUT2D eigenvalue weighted by Crippen LogP contribution is 2.23. The standard InChI is InChI=1S/C10H8BrNO3/c1-15-10-7-9(12(13)14)5-4-8(10)3-2-6-11/h4-5,7H,6H2,1H3. The average Bonchev–Trinajstić information content (AvgIpc) is 2.25. The van der Waals surface area contributed by atoms with Crippen LogP contribution in [-0.4, -0.2) is 17.4 Å². The number of hydrogen-bond donors (Lipinski definition) is 0. The third-order valence-electron chi connectivity index (χ3n) is 1.69. The molecule has 0 aliphatic rings. The quantitative estimate of drug-likeness (QED) is 0.359. The maximum Gasteiger partial charge on any atom is 0.273 e. The summed E-state index contributed by atoms with van der Waals surface area (Å²) < 4.78 is 5.01. The van der Waals surface area contributed by atoms with Crippen molar-refractivity contribution in [1.29, 1.82) is 0 Å². The second-order valence-electron chi connectivity index (χ2n) is 2.58. The number of benzene rings is 1. The van der Waals surface area contributed by atoms with Crippen LogP contribution in [0.4, 0.5) is 5.69 Å². The Morgan fingerprint density at radius 2 is 2.33 bits per heavy atom. The molecule has 0 saturated heterocycles. The monoisotopic (exact) mass is 269 g/mol. The summed E-state index contributed by atoms with van der Waals surface area (Å²) in [6.07, 6.45) is 0. The first-order chi connectivity index (χ1) is 7.19. The van der Waals surface area contributed by atoms with Crippen molar-refractivity contribution < 1.29 is 9.66 Å². The van der Waals surface area contributed by atoms with Crippen molar-refractivity contribution >= 4 is 21.6 Å². The summed E-state index contributed by atoms with van der Waals surface area (Å²) in [7, 11) is 1.46. The molecule has 0 aliphatic carbocycles. The molecule has 0 spiro atoms. The van der Waals surface area contributed by atoms with Gasteiger partial charge in [0, 0.05) is 6.07 Å². The van der Waals surface area contributed by atoms with Gasteiger partial charge in [0.05, 0.1) is 29.0 Å². The lowest BCUT2D eigenvalue weighted by atomic mass is 10.2. The molecule has 0 heterocycles. The Labute approximate surface area is 95.5 Å². The summed E-state index contributed by atoms with van der Waals surface area (Å²) in [4.78, 5) is 10.0. The molecule has 0 fully saturated rings. The first-order valence-corrected chi connectivity index (χ1v) is 5.18. The van der Waals surface area contributed by atoms with Crippen LogP contribution in [0.25, 0.3) is 0 Å². The van der Waals surface area contributed by atoms with Gasteiger partial charge in [0.1, 0.15) is 5.75 Å². The highest BCUT2D eigenvalue weighted by atomic mass is 79.9. The fraction of sp³-hybridized carbons (Fsp3) is 0.200. The molecule has 5 heteroatoms. The van der Waals surface area contributed by atoms with Crippen LogP contribution in [0, 0.1) is 22.0 Å². The van der Waals surface area contributed by atoms with Crippen LogP contribution in [0.15, 0.2) is 18.2 Å². The second-order valence-corrected chi connectivity index (χ2v) is 3.14. The lowest BCUT2D eigenvalue weighted by Gasteiger charge is -2.02. The van der Waals surface area contributed by atoms with Crippen molar-refractivity contribution in [3.63, 3.8) is 0 Å². The van der Waals surface area contributed by atoms with E-state index in [1.807, 2.05) is 0 Å². The molecule has 1 aromatic carbocycles. The van der Waals surface area contributed by atoms with E-state index in [1.165, 1.54) is 19.2 Å². The minimum atomic E-state index is -0.468. The zero-order valence-corrected chi connectivity index (χ0v) is 9.58. The summed E-state index contributed by atoms with van der Waals surface area (Å²) >= 11 is 3.17. The Balaban J connectivity index is 3.14. The van der Waals surface area contributed by atoms with Gasteiger partial charge in [0.2, 0.25) is 0 Å². The third-order valence-corrected chi connectivity index (χ3v) is 1.97. The minimum Gasteiger partial charge on any atom is -0.495 e. The van der Waals surface area contributed by atoms with Crippen LogP contribution in [0.3, 0.4) is 0 Å². The molecule has 1 rings (SSSR count). The molecule has 0 unspecified atom stereocenters. The molecule has 0 amide bonds. The molecule has 0 bridgehead atoms. The van der Waals surface area contributed by atoms with Gasteiger partial charge < -0.3 is 4.74 Å². The molecule has 78 valence electrons. The fourth-order valence-corrected chi connectivity index (χ4v) is 1.17. The largest absolute Gasteiger partial charge is 0.495 e. The number of ether oxygens (including phenoxy) is 1. The molecule has 1 aromatic rings. The number of rotatable bonds is 2. The molecule has 0 aromatic heterocycles. The maximum atomic E-state index is 10.5. The summed E-state index contributed by atoms with van der Waals surface area (Å²) in [6.45, 7) is 0. The van der Waals surface area contributed by atoms with Gasteiger partial charge in [-0.25, -0.2) is 0 Å². The third kappa shape index (κ3) is 2.96. The molecular formula is C10H8BrNO3. The van der Waals surface area contributed by atoms with Crippen LogP contribution in [0.1, 0.15) is 5.56 Å². The van der Waals surface area contributed by atoms with E-state index in [2.05, 4.69) is 27.8 Å². The van der Waals surface area contributed by atoms with Crippen molar-refractivity contribution in [1.82, 2.24) is 0 Å². The van der Waals surface area contributed by atoms with Gasteiger partial charge in [-0.3, -0.25) is 10.1 Å². The maximum absolute atomic E-state index is 10.5. The van der Waals surface area contributed by atoms with E-state index in [-0.39, 0.29) is 5.69 Å². The Morgan fingerprint density at radius 1 is 1.60 bits per heavy atom. The first-order valence-electron chi connectivity index (χ1n) is 4.06. The predicted octanol–water partition coefficient (Wildman–Crippen LogP) is 2.35. The number of methoxy groups -OCH3 is 1. The van der Waals surface area contributed by atoms with Gasteiger partial charge in [-0.2, -0.15) is 0 Å². The van der Waals surface area contributed by atoms with Crippen molar-refractivity contribution in [2.24, 2.45) is 0 Å². The van der Waals surface area contributed by atoms with E-state index in [0.717, 1.165) is 0 Å². The summed E-state index contributed by atoms with van der Waals surface area (Å²) in [5.41, 5.74) is 0.638. The van der Waals surface area contributed by atoms with E-state index >= 15 is 0 Å². The summed E-state index contributed by atoms with van der Waals surface area (Å²) in [6, 6.07) is 4.34. The number of nitro groups is 1. The normalized spacial score (nSPS) is 8.93. The Bertz CT molecular complexity index is 434. The van der Waals surface area contributed by atoms with Crippen molar-refractivity contribution in [2.45, 2.75) is 0 Å². The van der Waals surface area contributed by atoms with Gasteiger partial charge >= 0.3 is 0 Å². The van der Waals surface area contributed by atoms with Gasteiger partial charge in [0.15, 0.2) is 0 Å². The van der Waals surface area contributed by atoms with E-state index in [9.17, 15) is 10.1 Å². The molecule has 15 heavy (non-hydrogen) atoms.